The van der Waals surface area contributed by atoms with E-state index in [1.165, 1.54) is 4.31 Å². The molecule has 6 nitrogen and oxygen atoms in total. The number of rotatable bonds is 5. The van der Waals surface area contributed by atoms with E-state index in [1.54, 1.807) is 30.3 Å². The number of piperidine rings is 1. The van der Waals surface area contributed by atoms with Gasteiger partial charge in [0.25, 0.3) is 0 Å². The van der Waals surface area contributed by atoms with Crippen molar-refractivity contribution in [3.8, 4) is 0 Å². The van der Waals surface area contributed by atoms with Gasteiger partial charge >= 0.3 is 0 Å². The number of benzene rings is 2. The lowest BCUT2D eigenvalue weighted by atomic mass is 9.97. The molecule has 30 heavy (non-hydrogen) atoms. The molecule has 3 aromatic rings. The molecule has 2 heterocycles. The van der Waals surface area contributed by atoms with Crippen LogP contribution < -0.4 is 5.32 Å². The molecule has 1 amide bonds. The number of amides is 1. The number of nitrogens with zero attached hydrogens (tertiary/aromatic N) is 2. The van der Waals surface area contributed by atoms with Gasteiger partial charge in [-0.1, -0.05) is 24.3 Å². The Morgan fingerprint density at radius 1 is 1.00 bits per heavy atom. The van der Waals surface area contributed by atoms with Crippen molar-refractivity contribution in [2.75, 3.05) is 18.4 Å². The molecular formula is C23H27N3O3S. The van der Waals surface area contributed by atoms with Crippen molar-refractivity contribution in [1.29, 1.82) is 0 Å². The highest BCUT2D eigenvalue weighted by Gasteiger charge is 2.32. The Morgan fingerprint density at radius 3 is 2.37 bits per heavy atom. The van der Waals surface area contributed by atoms with Crippen LogP contribution in [0.3, 0.4) is 0 Å². The van der Waals surface area contributed by atoms with Crippen molar-refractivity contribution in [3.63, 3.8) is 0 Å². The fourth-order valence-corrected chi connectivity index (χ4v) is 5.57. The third-order valence-electron chi connectivity index (χ3n) is 5.78. The van der Waals surface area contributed by atoms with Crippen LogP contribution in [0.15, 0.2) is 65.7 Å². The Hall–Kier alpha value is -2.64. The van der Waals surface area contributed by atoms with Crippen LogP contribution in [0.5, 0.6) is 0 Å². The normalized spacial score (nSPS) is 16.2. The first-order valence-electron chi connectivity index (χ1n) is 10.3. The third kappa shape index (κ3) is 3.87. The number of anilines is 1. The number of carbonyl (C=O) groups is 1. The molecule has 1 aliphatic heterocycles. The summed E-state index contributed by atoms with van der Waals surface area (Å²) in [6, 6.07) is 16.7. The van der Waals surface area contributed by atoms with E-state index in [9.17, 15) is 13.2 Å². The Bertz CT molecular complexity index is 1140. The van der Waals surface area contributed by atoms with Gasteiger partial charge in [-0.05, 0) is 57.0 Å². The number of aromatic nitrogens is 1. The van der Waals surface area contributed by atoms with Gasteiger partial charge in [-0.2, -0.15) is 4.31 Å². The largest absolute Gasteiger partial charge is 0.345 e. The summed E-state index contributed by atoms with van der Waals surface area (Å²) in [5.41, 5.74) is 1.89. The predicted octanol–water partition coefficient (Wildman–Crippen LogP) is 4.26. The first-order valence-corrected chi connectivity index (χ1v) is 11.8. The Labute approximate surface area is 177 Å². The number of sulfonamides is 1. The monoisotopic (exact) mass is 425 g/mol. The summed E-state index contributed by atoms with van der Waals surface area (Å²) in [6.45, 7) is 4.95. The van der Waals surface area contributed by atoms with E-state index in [0.29, 0.717) is 36.9 Å². The van der Waals surface area contributed by atoms with Gasteiger partial charge in [0.15, 0.2) is 0 Å². The molecule has 1 N–H and O–H groups in total. The summed E-state index contributed by atoms with van der Waals surface area (Å²) >= 11 is 0. The fraction of sp³-hybridized carbons (Fsp3) is 0.348. The van der Waals surface area contributed by atoms with Gasteiger partial charge < -0.3 is 9.88 Å². The van der Waals surface area contributed by atoms with E-state index in [-0.39, 0.29) is 11.8 Å². The maximum atomic E-state index is 12.9. The average molecular weight is 426 g/mol. The van der Waals surface area contributed by atoms with Crippen molar-refractivity contribution in [2.24, 2.45) is 5.92 Å². The summed E-state index contributed by atoms with van der Waals surface area (Å²) in [5.74, 6) is -0.244. The van der Waals surface area contributed by atoms with Crippen LogP contribution in [0.1, 0.15) is 32.7 Å². The van der Waals surface area contributed by atoms with Gasteiger partial charge in [-0.15, -0.1) is 0 Å². The second kappa shape index (κ2) is 8.24. The zero-order valence-corrected chi connectivity index (χ0v) is 18.1. The van der Waals surface area contributed by atoms with Gasteiger partial charge in [-0.25, -0.2) is 8.42 Å². The Morgan fingerprint density at radius 2 is 1.70 bits per heavy atom. The second-order valence-electron chi connectivity index (χ2n) is 8.04. The molecule has 0 spiro atoms. The molecule has 0 aliphatic carbocycles. The predicted molar refractivity (Wildman–Crippen MR) is 119 cm³/mol. The van der Waals surface area contributed by atoms with E-state index >= 15 is 0 Å². The maximum absolute atomic E-state index is 12.9. The van der Waals surface area contributed by atoms with Gasteiger partial charge in [0.2, 0.25) is 15.9 Å². The molecule has 1 fully saturated rings. The lowest BCUT2D eigenvalue weighted by Gasteiger charge is -2.30. The highest BCUT2D eigenvalue weighted by molar-refractivity contribution is 7.89. The lowest BCUT2D eigenvalue weighted by Crippen LogP contribution is -2.41. The molecule has 158 valence electrons. The minimum Gasteiger partial charge on any atom is -0.345 e. The van der Waals surface area contributed by atoms with Crippen molar-refractivity contribution in [1.82, 2.24) is 8.87 Å². The molecule has 0 radical (unpaired) electrons. The van der Waals surface area contributed by atoms with Crippen LogP contribution in [0, 0.1) is 5.92 Å². The second-order valence-corrected chi connectivity index (χ2v) is 9.97. The molecular weight excluding hydrogens is 398 g/mol. The summed E-state index contributed by atoms with van der Waals surface area (Å²) < 4.78 is 29.2. The lowest BCUT2D eigenvalue weighted by molar-refractivity contribution is -0.120. The van der Waals surface area contributed by atoms with E-state index in [4.69, 9.17) is 0 Å². The summed E-state index contributed by atoms with van der Waals surface area (Å²) in [6.07, 6.45) is 3.07. The summed E-state index contributed by atoms with van der Waals surface area (Å²) in [7, 11) is -3.51. The molecule has 2 aromatic carbocycles. The highest BCUT2D eigenvalue weighted by Crippen LogP contribution is 2.29. The molecule has 0 atom stereocenters. The van der Waals surface area contributed by atoms with Gasteiger partial charge in [0.1, 0.15) is 0 Å². The maximum Gasteiger partial charge on any atom is 0.243 e. The van der Waals surface area contributed by atoms with Crippen molar-refractivity contribution < 1.29 is 13.2 Å². The molecule has 1 aromatic heterocycles. The van der Waals surface area contributed by atoms with Crippen LogP contribution in [0.25, 0.3) is 10.9 Å². The first-order chi connectivity index (χ1) is 14.4. The molecule has 0 unspecified atom stereocenters. The molecule has 7 heteroatoms. The fourth-order valence-electron chi connectivity index (χ4n) is 4.08. The smallest absolute Gasteiger partial charge is 0.243 e. The number of nitrogens with one attached hydrogen (secondary N) is 1. The summed E-state index contributed by atoms with van der Waals surface area (Å²) in [4.78, 5) is 13.2. The topological polar surface area (TPSA) is 71.4 Å². The average Bonchev–Trinajstić information content (AvgIpc) is 3.20. The third-order valence-corrected chi connectivity index (χ3v) is 7.70. The molecule has 1 aliphatic rings. The van der Waals surface area contributed by atoms with Crippen molar-refractivity contribution in [3.05, 3.63) is 60.8 Å². The number of fused-ring (bicyclic) bond motifs is 1. The van der Waals surface area contributed by atoms with Gasteiger partial charge in [0, 0.05) is 36.6 Å². The highest BCUT2D eigenvalue weighted by atomic mass is 32.2. The molecule has 0 saturated carbocycles. The number of hydrogen-bond acceptors (Lipinski definition) is 3. The van der Waals surface area contributed by atoms with Gasteiger partial charge in [0.05, 0.1) is 16.1 Å². The minimum absolute atomic E-state index is 0.0449. The zero-order chi connectivity index (χ0) is 21.3. The number of carbonyl (C=O) groups excluding carboxylic acids is 1. The standard InChI is InChI=1S/C23H27N3O3S/c1-17(2)26-16-13-20-21(9-6-10-22(20)26)24-23(27)18-11-14-25(15-12-18)30(28,29)19-7-4-3-5-8-19/h3-10,13,16-18H,11-12,14-15H2,1-2H3,(H,24,27). The first kappa shape index (κ1) is 20.6. The summed E-state index contributed by atoms with van der Waals surface area (Å²) in [5, 5.41) is 4.09. The zero-order valence-electron chi connectivity index (χ0n) is 17.3. The van der Waals surface area contributed by atoms with Crippen LogP contribution >= 0.6 is 0 Å². The van der Waals surface area contributed by atoms with Crippen molar-refractivity contribution in [2.45, 2.75) is 37.6 Å². The SMILES string of the molecule is CC(C)n1ccc2c(NC(=O)C3CCN(S(=O)(=O)c4ccccc4)CC3)cccc21. The van der Waals surface area contributed by atoms with Gasteiger partial charge in [-0.3, -0.25) is 4.79 Å². The van der Waals surface area contributed by atoms with Crippen LogP contribution in [-0.2, 0) is 14.8 Å². The molecule has 1 saturated heterocycles. The van der Waals surface area contributed by atoms with Crippen LogP contribution in [0.2, 0.25) is 0 Å². The minimum atomic E-state index is -3.51. The quantitative estimate of drug-likeness (QED) is 0.664. The van der Waals surface area contributed by atoms with Crippen LogP contribution in [0.4, 0.5) is 5.69 Å². The van der Waals surface area contributed by atoms with E-state index in [0.717, 1.165) is 16.6 Å². The van der Waals surface area contributed by atoms with E-state index < -0.39 is 10.0 Å². The Balaban J connectivity index is 1.44. The van der Waals surface area contributed by atoms with E-state index in [1.807, 2.05) is 24.4 Å². The van der Waals surface area contributed by atoms with Crippen molar-refractivity contribution >= 4 is 32.5 Å². The number of hydrogen-bond donors (Lipinski definition) is 1. The van der Waals surface area contributed by atoms with E-state index in [2.05, 4.69) is 29.8 Å². The Kier molecular flexibility index (Phi) is 5.66. The van der Waals surface area contributed by atoms with Crippen LogP contribution in [-0.4, -0.2) is 36.3 Å². The molecule has 0 bridgehead atoms. The molecule has 4 rings (SSSR count).